The molecule has 1 fully saturated rings. The smallest absolute Gasteiger partial charge is 0.257 e. The highest BCUT2D eigenvalue weighted by Crippen LogP contribution is 2.44. The van der Waals surface area contributed by atoms with E-state index < -0.39 is 5.66 Å². The number of carbonyl (C=O) groups is 3. The Kier molecular flexibility index (Phi) is 5.23. The fraction of sp³-hybridized carbons (Fsp3) is 0.308. The topological polar surface area (TPSA) is 87.5 Å². The van der Waals surface area contributed by atoms with Gasteiger partial charge in [0.2, 0.25) is 11.8 Å². The normalized spacial score (nSPS) is 19.3. The fourth-order valence-corrected chi connectivity index (χ4v) is 5.10. The average Bonchev–Trinajstić information content (AvgIpc) is 3.31. The predicted molar refractivity (Wildman–Crippen MR) is 129 cm³/mol. The SMILES string of the molecule is Cc1cc(C)n(-c2ccccc2NC(=O)CCN2C(=O)c3ccccc3N3C(=O)CCC23C)n1. The first-order valence-electron chi connectivity index (χ1n) is 11.5. The van der Waals surface area contributed by atoms with Crippen molar-refractivity contribution in [2.45, 2.75) is 45.7 Å². The molecule has 1 saturated heterocycles. The number of aryl methyl sites for hydroxylation is 2. The number of hydrogen-bond acceptors (Lipinski definition) is 4. The third-order valence-electron chi connectivity index (χ3n) is 6.72. The molecule has 0 saturated carbocycles. The molecule has 2 aliphatic rings. The van der Waals surface area contributed by atoms with Crippen LogP contribution < -0.4 is 10.2 Å². The second kappa shape index (κ2) is 8.13. The molecular formula is C26H27N5O3. The maximum atomic E-state index is 13.4. The van der Waals surface area contributed by atoms with Gasteiger partial charge in [0.25, 0.3) is 5.91 Å². The standard InChI is InChI=1S/C26H27N5O3/c1-17-16-18(2)31(28-17)22-11-7-5-9-20(22)27-23(32)13-15-29-25(34)19-8-4-6-10-21(19)30-24(33)12-14-26(29,30)3/h4-11,16H,12-15H2,1-3H3,(H,27,32). The number of para-hydroxylation sites is 3. The average molecular weight is 458 g/mol. The molecule has 2 aromatic carbocycles. The summed E-state index contributed by atoms with van der Waals surface area (Å²) in [4.78, 5) is 42.5. The van der Waals surface area contributed by atoms with Crippen molar-refractivity contribution in [3.63, 3.8) is 0 Å². The molecule has 1 N–H and O–H groups in total. The van der Waals surface area contributed by atoms with E-state index in [1.165, 1.54) is 0 Å². The van der Waals surface area contributed by atoms with Crippen molar-refractivity contribution >= 4 is 29.1 Å². The Labute approximate surface area is 198 Å². The van der Waals surface area contributed by atoms with Gasteiger partial charge in [-0.15, -0.1) is 0 Å². The molecule has 8 nitrogen and oxygen atoms in total. The van der Waals surface area contributed by atoms with E-state index in [0.29, 0.717) is 29.8 Å². The van der Waals surface area contributed by atoms with Gasteiger partial charge in [-0.25, -0.2) is 4.68 Å². The van der Waals surface area contributed by atoms with Crippen LogP contribution in [0.3, 0.4) is 0 Å². The van der Waals surface area contributed by atoms with Crippen molar-refractivity contribution in [3.05, 3.63) is 71.5 Å². The van der Waals surface area contributed by atoms with E-state index in [9.17, 15) is 14.4 Å². The number of anilines is 2. The molecule has 0 bridgehead atoms. The molecule has 174 valence electrons. The highest BCUT2D eigenvalue weighted by molar-refractivity contribution is 6.10. The van der Waals surface area contributed by atoms with Gasteiger partial charge >= 0.3 is 0 Å². The number of nitrogens with zero attached hydrogens (tertiary/aromatic N) is 4. The lowest BCUT2D eigenvalue weighted by Crippen LogP contribution is -2.62. The minimum absolute atomic E-state index is 0.00397. The van der Waals surface area contributed by atoms with Crippen LogP contribution in [0.1, 0.15) is 47.9 Å². The summed E-state index contributed by atoms with van der Waals surface area (Å²) in [5.41, 5.74) is 3.66. The van der Waals surface area contributed by atoms with Crippen LogP contribution in [0.2, 0.25) is 0 Å². The van der Waals surface area contributed by atoms with E-state index >= 15 is 0 Å². The Morgan fingerprint density at radius 1 is 1.06 bits per heavy atom. The summed E-state index contributed by atoms with van der Waals surface area (Å²) in [6.07, 6.45) is 1.02. The molecule has 3 amide bonds. The number of rotatable bonds is 5. The zero-order valence-corrected chi connectivity index (χ0v) is 19.5. The van der Waals surface area contributed by atoms with E-state index in [-0.39, 0.29) is 30.7 Å². The minimum atomic E-state index is -0.773. The van der Waals surface area contributed by atoms with Crippen molar-refractivity contribution in [3.8, 4) is 5.69 Å². The molecule has 34 heavy (non-hydrogen) atoms. The lowest BCUT2D eigenvalue weighted by atomic mass is 9.98. The number of benzene rings is 2. The summed E-state index contributed by atoms with van der Waals surface area (Å²) in [5.74, 6) is -0.365. The Hall–Kier alpha value is -3.94. The van der Waals surface area contributed by atoms with Gasteiger partial charge in [0.05, 0.1) is 28.3 Å². The maximum Gasteiger partial charge on any atom is 0.257 e. The van der Waals surface area contributed by atoms with E-state index in [1.54, 1.807) is 26.6 Å². The van der Waals surface area contributed by atoms with Crippen molar-refractivity contribution in [2.24, 2.45) is 0 Å². The Balaban J connectivity index is 1.36. The number of fused-ring (bicyclic) bond motifs is 3. The molecule has 3 aromatic rings. The number of nitrogens with one attached hydrogen (secondary N) is 1. The molecule has 5 rings (SSSR count). The van der Waals surface area contributed by atoms with Gasteiger partial charge in [0, 0.05) is 25.1 Å². The summed E-state index contributed by atoms with van der Waals surface area (Å²) in [7, 11) is 0. The number of amides is 3. The third kappa shape index (κ3) is 3.46. The van der Waals surface area contributed by atoms with Crippen LogP contribution in [-0.4, -0.2) is 44.6 Å². The molecule has 1 unspecified atom stereocenters. The van der Waals surface area contributed by atoms with Crippen LogP contribution in [0.5, 0.6) is 0 Å². The number of carbonyl (C=O) groups excluding carboxylic acids is 3. The zero-order chi connectivity index (χ0) is 24.0. The van der Waals surface area contributed by atoms with Gasteiger partial charge in [-0.3, -0.25) is 19.3 Å². The van der Waals surface area contributed by atoms with Gasteiger partial charge in [-0.2, -0.15) is 5.10 Å². The van der Waals surface area contributed by atoms with Gasteiger partial charge in [-0.1, -0.05) is 24.3 Å². The molecule has 8 heteroatoms. The highest BCUT2D eigenvalue weighted by atomic mass is 16.2. The van der Waals surface area contributed by atoms with Crippen molar-refractivity contribution in [1.29, 1.82) is 0 Å². The maximum absolute atomic E-state index is 13.4. The molecule has 0 aliphatic carbocycles. The number of aromatic nitrogens is 2. The van der Waals surface area contributed by atoms with Crippen LogP contribution in [0.25, 0.3) is 5.69 Å². The van der Waals surface area contributed by atoms with Crippen LogP contribution in [-0.2, 0) is 9.59 Å². The quantitative estimate of drug-likeness (QED) is 0.631. The van der Waals surface area contributed by atoms with Gasteiger partial charge < -0.3 is 10.2 Å². The van der Waals surface area contributed by atoms with Crippen molar-refractivity contribution in [1.82, 2.24) is 14.7 Å². The van der Waals surface area contributed by atoms with E-state index in [2.05, 4.69) is 10.4 Å². The van der Waals surface area contributed by atoms with E-state index in [4.69, 9.17) is 0 Å². The summed E-state index contributed by atoms with van der Waals surface area (Å²) >= 11 is 0. The second-order valence-electron chi connectivity index (χ2n) is 9.07. The first-order chi connectivity index (χ1) is 16.3. The Bertz CT molecular complexity index is 1310. The lowest BCUT2D eigenvalue weighted by molar-refractivity contribution is -0.117. The Morgan fingerprint density at radius 2 is 1.76 bits per heavy atom. The molecule has 0 spiro atoms. The summed E-state index contributed by atoms with van der Waals surface area (Å²) in [6.45, 7) is 6.01. The van der Waals surface area contributed by atoms with Crippen LogP contribution in [0.4, 0.5) is 11.4 Å². The van der Waals surface area contributed by atoms with E-state index in [0.717, 1.165) is 17.1 Å². The lowest BCUT2D eigenvalue weighted by Gasteiger charge is -2.48. The molecular weight excluding hydrogens is 430 g/mol. The van der Waals surface area contributed by atoms with Crippen LogP contribution >= 0.6 is 0 Å². The van der Waals surface area contributed by atoms with Crippen LogP contribution in [0, 0.1) is 13.8 Å². The fourth-order valence-electron chi connectivity index (χ4n) is 5.10. The van der Waals surface area contributed by atoms with Gasteiger partial charge in [0.15, 0.2) is 0 Å². The Morgan fingerprint density at radius 3 is 2.50 bits per heavy atom. The van der Waals surface area contributed by atoms with Gasteiger partial charge in [0.1, 0.15) is 5.66 Å². The molecule has 3 heterocycles. The predicted octanol–water partition coefficient (Wildman–Crippen LogP) is 3.82. The minimum Gasteiger partial charge on any atom is -0.324 e. The monoisotopic (exact) mass is 457 g/mol. The van der Waals surface area contributed by atoms with Gasteiger partial charge in [-0.05, 0) is 57.5 Å². The first kappa shape index (κ1) is 21.9. The van der Waals surface area contributed by atoms with Crippen molar-refractivity contribution in [2.75, 3.05) is 16.8 Å². The molecule has 1 aromatic heterocycles. The summed E-state index contributed by atoms with van der Waals surface area (Å²) < 4.78 is 1.80. The largest absolute Gasteiger partial charge is 0.324 e. The second-order valence-corrected chi connectivity index (χ2v) is 9.07. The third-order valence-corrected chi connectivity index (χ3v) is 6.72. The first-order valence-corrected chi connectivity index (χ1v) is 11.5. The summed E-state index contributed by atoms with van der Waals surface area (Å²) in [5, 5.41) is 7.51. The molecule has 1 atom stereocenters. The van der Waals surface area contributed by atoms with E-state index in [1.807, 2.05) is 63.2 Å². The molecule has 2 aliphatic heterocycles. The number of hydrogen-bond donors (Lipinski definition) is 1. The summed E-state index contributed by atoms with van der Waals surface area (Å²) in [6, 6.07) is 16.7. The highest BCUT2D eigenvalue weighted by Gasteiger charge is 2.52. The molecule has 0 radical (unpaired) electrons. The zero-order valence-electron chi connectivity index (χ0n) is 19.5. The van der Waals surface area contributed by atoms with Crippen LogP contribution in [0.15, 0.2) is 54.6 Å². The van der Waals surface area contributed by atoms with Crippen molar-refractivity contribution < 1.29 is 14.4 Å².